The number of carbonyl (C=O) groups is 1. The summed E-state index contributed by atoms with van der Waals surface area (Å²) in [6.07, 6.45) is 1.75. The lowest BCUT2D eigenvalue weighted by molar-refractivity contribution is 0.0945. The van der Waals surface area contributed by atoms with E-state index in [4.69, 9.17) is 11.6 Å². The van der Waals surface area contributed by atoms with Crippen LogP contribution in [0.3, 0.4) is 0 Å². The molecule has 0 atom stereocenters. The highest BCUT2D eigenvalue weighted by Crippen LogP contribution is 2.18. The van der Waals surface area contributed by atoms with E-state index in [-0.39, 0.29) is 5.91 Å². The molecule has 24 heavy (non-hydrogen) atoms. The number of hydrogen-bond acceptors (Lipinski definition) is 3. The van der Waals surface area contributed by atoms with Crippen LogP contribution >= 0.6 is 11.6 Å². The van der Waals surface area contributed by atoms with Crippen molar-refractivity contribution in [3.8, 4) is 0 Å². The van der Waals surface area contributed by atoms with E-state index in [0.717, 1.165) is 17.0 Å². The third-order valence-electron chi connectivity index (χ3n) is 3.74. The van der Waals surface area contributed by atoms with Gasteiger partial charge in [-0.1, -0.05) is 41.9 Å². The van der Waals surface area contributed by atoms with Gasteiger partial charge in [-0.2, -0.15) is 10.2 Å². The first kappa shape index (κ1) is 16.3. The number of halogens is 1. The molecular weight excluding hydrogens is 326 g/mol. The van der Waals surface area contributed by atoms with Crippen LogP contribution < -0.4 is 5.32 Å². The number of benzene rings is 1. The van der Waals surface area contributed by atoms with Gasteiger partial charge < -0.3 is 5.32 Å². The van der Waals surface area contributed by atoms with E-state index >= 15 is 0 Å². The zero-order valence-corrected chi connectivity index (χ0v) is 14.3. The number of aryl methyl sites for hydroxylation is 1. The Morgan fingerprint density at radius 3 is 2.58 bits per heavy atom. The standard InChI is InChI=1S/C17H18ClN5O/c1-12-16(18)13(2)23(20-12)11-22-9-8-15(21-22)17(24)19-10-14-6-4-3-5-7-14/h3-9H,10-11H2,1-2H3,(H,19,24). The molecule has 3 rings (SSSR count). The van der Waals surface area contributed by atoms with Gasteiger partial charge in [-0.25, -0.2) is 4.68 Å². The molecule has 0 aliphatic carbocycles. The van der Waals surface area contributed by atoms with Gasteiger partial charge in [0.1, 0.15) is 12.4 Å². The summed E-state index contributed by atoms with van der Waals surface area (Å²) in [6.45, 7) is 4.64. The first-order valence-electron chi connectivity index (χ1n) is 7.59. The van der Waals surface area contributed by atoms with Crippen molar-refractivity contribution in [1.82, 2.24) is 24.9 Å². The molecule has 7 heteroatoms. The van der Waals surface area contributed by atoms with E-state index in [1.165, 1.54) is 0 Å². The molecule has 0 unspecified atom stereocenters. The van der Waals surface area contributed by atoms with Crippen molar-refractivity contribution in [3.63, 3.8) is 0 Å². The predicted octanol–water partition coefficient (Wildman–Crippen LogP) is 2.79. The lowest BCUT2D eigenvalue weighted by atomic mass is 10.2. The molecule has 1 N–H and O–H groups in total. The minimum absolute atomic E-state index is 0.205. The molecule has 2 aromatic heterocycles. The van der Waals surface area contributed by atoms with Gasteiger partial charge in [-0.15, -0.1) is 0 Å². The van der Waals surface area contributed by atoms with Gasteiger partial charge in [0.15, 0.2) is 0 Å². The van der Waals surface area contributed by atoms with Crippen molar-refractivity contribution in [1.29, 1.82) is 0 Å². The highest BCUT2D eigenvalue weighted by molar-refractivity contribution is 6.31. The van der Waals surface area contributed by atoms with Crippen LogP contribution in [-0.2, 0) is 13.2 Å². The van der Waals surface area contributed by atoms with Crippen LogP contribution in [0.5, 0.6) is 0 Å². The Morgan fingerprint density at radius 1 is 1.17 bits per heavy atom. The van der Waals surface area contributed by atoms with E-state index in [1.54, 1.807) is 21.6 Å². The van der Waals surface area contributed by atoms with Gasteiger partial charge in [-0.05, 0) is 25.5 Å². The molecule has 2 heterocycles. The Bertz CT molecular complexity index is 853. The van der Waals surface area contributed by atoms with Crippen molar-refractivity contribution in [2.24, 2.45) is 0 Å². The Kier molecular flexibility index (Phi) is 4.66. The summed E-state index contributed by atoms with van der Waals surface area (Å²) in [5.41, 5.74) is 3.07. The molecule has 0 fully saturated rings. The number of nitrogens with one attached hydrogen (secondary N) is 1. The summed E-state index contributed by atoms with van der Waals surface area (Å²) in [6, 6.07) is 11.4. The van der Waals surface area contributed by atoms with E-state index < -0.39 is 0 Å². The van der Waals surface area contributed by atoms with Crippen molar-refractivity contribution < 1.29 is 4.79 Å². The van der Waals surface area contributed by atoms with Gasteiger partial charge in [-0.3, -0.25) is 9.48 Å². The topological polar surface area (TPSA) is 64.7 Å². The second-order valence-electron chi connectivity index (χ2n) is 5.53. The average Bonchev–Trinajstić information content (AvgIpc) is 3.15. The summed E-state index contributed by atoms with van der Waals surface area (Å²) in [5.74, 6) is -0.205. The van der Waals surface area contributed by atoms with Gasteiger partial charge in [0, 0.05) is 12.7 Å². The molecule has 0 bridgehead atoms. The first-order valence-corrected chi connectivity index (χ1v) is 7.97. The maximum absolute atomic E-state index is 12.2. The second-order valence-corrected chi connectivity index (χ2v) is 5.91. The van der Waals surface area contributed by atoms with Crippen molar-refractivity contribution in [2.75, 3.05) is 0 Å². The minimum atomic E-state index is -0.205. The van der Waals surface area contributed by atoms with Crippen LogP contribution in [0.25, 0.3) is 0 Å². The number of amides is 1. The normalized spacial score (nSPS) is 10.8. The van der Waals surface area contributed by atoms with Crippen LogP contribution in [0.2, 0.25) is 5.02 Å². The SMILES string of the molecule is Cc1nn(Cn2ccc(C(=O)NCc3ccccc3)n2)c(C)c1Cl. The number of nitrogens with zero attached hydrogens (tertiary/aromatic N) is 4. The fourth-order valence-corrected chi connectivity index (χ4v) is 2.52. The van der Waals surface area contributed by atoms with Gasteiger partial charge in [0.05, 0.1) is 16.4 Å². The molecule has 0 aliphatic heterocycles. The number of hydrogen-bond donors (Lipinski definition) is 1. The zero-order chi connectivity index (χ0) is 17.1. The smallest absolute Gasteiger partial charge is 0.272 e. The fourth-order valence-electron chi connectivity index (χ4n) is 2.38. The zero-order valence-electron chi connectivity index (χ0n) is 13.5. The molecule has 0 aliphatic rings. The summed E-state index contributed by atoms with van der Waals surface area (Å²) < 4.78 is 3.42. The van der Waals surface area contributed by atoms with E-state index in [2.05, 4.69) is 15.5 Å². The van der Waals surface area contributed by atoms with E-state index in [0.29, 0.717) is 23.9 Å². The predicted molar refractivity (Wildman–Crippen MR) is 91.9 cm³/mol. The lowest BCUT2D eigenvalue weighted by Crippen LogP contribution is -2.23. The largest absolute Gasteiger partial charge is 0.347 e. The molecule has 0 radical (unpaired) electrons. The summed E-state index contributed by atoms with van der Waals surface area (Å²) in [5, 5.41) is 12.2. The Balaban J connectivity index is 1.64. The van der Waals surface area contributed by atoms with Crippen LogP contribution in [0, 0.1) is 13.8 Å². The Morgan fingerprint density at radius 2 is 1.92 bits per heavy atom. The molecule has 0 spiro atoms. The highest BCUT2D eigenvalue weighted by Gasteiger charge is 2.12. The van der Waals surface area contributed by atoms with E-state index in [1.807, 2.05) is 44.2 Å². The lowest BCUT2D eigenvalue weighted by Gasteiger charge is -2.05. The molecule has 124 valence electrons. The summed E-state index contributed by atoms with van der Waals surface area (Å²) in [7, 11) is 0. The second kappa shape index (κ2) is 6.88. The van der Waals surface area contributed by atoms with Gasteiger partial charge in [0.2, 0.25) is 0 Å². The third-order valence-corrected chi connectivity index (χ3v) is 4.29. The van der Waals surface area contributed by atoms with Crippen molar-refractivity contribution in [2.45, 2.75) is 27.1 Å². The average molecular weight is 344 g/mol. The molecule has 0 saturated carbocycles. The maximum Gasteiger partial charge on any atom is 0.272 e. The van der Waals surface area contributed by atoms with Gasteiger partial charge >= 0.3 is 0 Å². The van der Waals surface area contributed by atoms with Crippen LogP contribution in [-0.4, -0.2) is 25.5 Å². The number of carbonyl (C=O) groups excluding carboxylic acids is 1. The van der Waals surface area contributed by atoms with Crippen molar-refractivity contribution in [3.05, 3.63) is 70.3 Å². The summed E-state index contributed by atoms with van der Waals surface area (Å²) >= 11 is 6.14. The molecule has 0 saturated heterocycles. The molecule has 1 amide bonds. The first-order chi connectivity index (χ1) is 11.5. The minimum Gasteiger partial charge on any atom is -0.347 e. The van der Waals surface area contributed by atoms with Gasteiger partial charge in [0.25, 0.3) is 5.91 Å². The van der Waals surface area contributed by atoms with E-state index in [9.17, 15) is 4.79 Å². The third kappa shape index (κ3) is 3.49. The fraction of sp³-hybridized carbons (Fsp3) is 0.235. The number of aromatic nitrogens is 4. The summed E-state index contributed by atoms with van der Waals surface area (Å²) in [4.78, 5) is 12.2. The number of rotatable bonds is 5. The molecule has 6 nitrogen and oxygen atoms in total. The van der Waals surface area contributed by atoms with Crippen LogP contribution in [0.4, 0.5) is 0 Å². The Hall–Kier alpha value is -2.60. The highest BCUT2D eigenvalue weighted by atomic mass is 35.5. The molecule has 3 aromatic rings. The maximum atomic E-state index is 12.2. The quantitative estimate of drug-likeness (QED) is 0.774. The monoisotopic (exact) mass is 343 g/mol. The molecular formula is C17H18ClN5O. The van der Waals surface area contributed by atoms with Crippen LogP contribution in [0.1, 0.15) is 27.4 Å². The van der Waals surface area contributed by atoms with Crippen molar-refractivity contribution >= 4 is 17.5 Å². The molecule has 1 aromatic carbocycles. The Labute approximate surface area is 145 Å². The van der Waals surface area contributed by atoms with Crippen LogP contribution in [0.15, 0.2) is 42.6 Å².